The maximum absolute atomic E-state index is 13.3. The summed E-state index contributed by atoms with van der Waals surface area (Å²) in [5.74, 6) is -0.367. The van der Waals surface area contributed by atoms with Gasteiger partial charge in [0.2, 0.25) is 5.91 Å². The van der Waals surface area contributed by atoms with E-state index in [0.29, 0.717) is 18.7 Å². The van der Waals surface area contributed by atoms with Crippen LogP contribution in [0.25, 0.3) is 0 Å². The van der Waals surface area contributed by atoms with Gasteiger partial charge in [0.25, 0.3) is 5.91 Å². The van der Waals surface area contributed by atoms with Gasteiger partial charge >= 0.3 is 0 Å². The van der Waals surface area contributed by atoms with Gasteiger partial charge in [-0.1, -0.05) is 60.7 Å². The summed E-state index contributed by atoms with van der Waals surface area (Å²) in [6, 6.07) is 24.0. The van der Waals surface area contributed by atoms with E-state index in [2.05, 4.69) is 5.32 Å². The van der Waals surface area contributed by atoms with Crippen molar-refractivity contribution in [3.05, 3.63) is 102 Å². The van der Waals surface area contributed by atoms with Crippen molar-refractivity contribution in [2.24, 2.45) is 0 Å². The summed E-state index contributed by atoms with van der Waals surface area (Å²) in [5.41, 5.74) is 1.85. The third-order valence-corrected chi connectivity index (χ3v) is 5.09. The van der Waals surface area contributed by atoms with Gasteiger partial charge in [-0.05, 0) is 48.7 Å². The van der Waals surface area contributed by atoms with Gasteiger partial charge in [-0.25, -0.2) is 4.39 Å². The number of amides is 2. The predicted octanol–water partition coefficient (Wildman–Crippen LogP) is 3.98. The molecule has 3 rings (SSSR count). The standard InChI is InChI=1S/C26H27FN2O3/c1-20(26(31)28-17-16-21-8-4-2-5-9-21)29(18-22-12-14-23(27)15-13-22)25(30)19-32-24-10-6-3-7-11-24/h2-15,20H,16-19H2,1H3,(H,28,31). The van der Waals surface area contributed by atoms with E-state index in [1.54, 1.807) is 31.2 Å². The van der Waals surface area contributed by atoms with E-state index in [4.69, 9.17) is 4.74 Å². The van der Waals surface area contributed by atoms with Gasteiger partial charge in [-0.2, -0.15) is 0 Å². The smallest absolute Gasteiger partial charge is 0.261 e. The van der Waals surface area contributed by atoms with Gasteiger partial charge in [-0.15, -0.1) is 0 Å². The number of ether oxygens (including phenoxy) is 1. The summed E-state index contributed by atoms with van der Waals surface area (Å²) < 4.78 is 18.9. The van der Waals surface area contributed by atoms with Gasteiger partial charge in [0.15, 0.2) is 6.61 Å². The van der Waals surface area contributed by atoms with E-state index < -0.39 is 6.04 Å². The van der Waals surface area contributed by atoms with Crippen LogP contribution < -0.4 is 10.1 Å². The minimum Gasteiger partial charge on any atom is -0.484 e. The Kier molecular flexibility index (Phi) is 8.37. The van der Waals surface area contributed by atoms with Gasteiger partial charge in [0.1, 0.15) is 17.6 Å². The molecule has 0 bridgehead atoms. The molecule has 166 valence electrons. The quantitative estimate of drug-likeness (QED) is 0.525. The van der Waals surface area contributed by atoms with Gasteiger partial charge in [0, 0.05) is 13.1 Å². The molecule has 0 aliphatic carbocycles. The number of hydrogen-bond donors (Lipinski definition) is 1. The van der Waals surface area contributed by atoms with Crippen LogP contribution in [-0.4, -0.2) is 35.9 Å². The number of halogens is 1. The SMILES string of the molecule is CC(C(=O)NCCc1ccccc1)N(Cc1ccc(F)cc1)C(=O)COc1ccccc1. The first-order chi connectivity index (χ1) is 15.5. The molecule has 0 fully saturated rings. The van der Waals surface area contributed by atoms with Crippen LogP contribution in [0.2, 0.25) is 0 Å². The molecule has 6 heteroatoms. The van der Waals surface area contributed by atoms with Crippen LogP contribution in [-0.2, 0) is 22.6 Å². The van der Waals surface area contributed by atoms with Crippen LogP contribution in [0, 0.1) is 5.82 Å². The first kappa shape index (κ1) is 23.0. The molecular formula is C26H27FN2O3. The molecule has 0 radical (unpaired) electrons. The summed E-state index contributed by atoms with van der Waals surface area (Å²) in [7, 11) is 0. The van der Waals surface area contributed by atoms with E-state index in [0.717, 1.165) is 11.1 Å². The van der Waals surface area contributed by atoms with E-state index in [1.165, 1.54) is 17.0 Å². The molecule has 32 heavy (non-hydrogen) atoms. The molecule has 0 aromatic heterocycles. The second-order valence-corrected chi connectivity index (χ2v) is 7.45. The van der Waals surface area contributed by atoms with E-state index in [-0.39, 0.29) is 30.8 Å². The van der Waals surface area contributed by atoms with E-state index in [9.17, 15) is 14.0 Å². The highest BCUT2D eigenvalue weighted by Crippen LogP contribution is 2.13. The van der Waals surface area contributed by atoms with Gasteiger partial charge < -0.3 is 15.0 Å². The molecule has 0 saturated heterocycles. The number of benzene rings is 3. The fraction of sp³-hybridized carbons (Fsp3) is 0.231. The molecule has 3 aromatic carbocycles. The molecule has 0 heterocycles. The number of carbonyl (C=O) groups excluding carboxylic acids is 2. The maximum Gasteiger partial charge on any atom is 0.261 e. The Morgan fingerprint density at radius 3 is 2.19 bits per heavy atom. The highest BCUT2D eigenvalue weighted by Gasteiger charge is 2.26. The first-order valence-electron chi connectivity index (χ1n) is 10.6. The van der Waals surface area contributed by atoms with Crippen molar-refractivity contribution in [2.75, 3.05) is 13.2 Å². The van der Waals surface area contributed by atoms with Crippen LogP contribution in [0.5, 0.6) is 5.75 Å². The molecule has 1 atom stereocenters. The van der Waals surface area contributed by atoms with Crippen molar-refractivity contribution in [1.29, 1.82) is 0 Å². The van der Waals surface area contributed by atoms with Crippen molar-refractivity contribution >= 4 is 11.8 Å². The predicted molar refractivity (Wildman–Crippen MR) is 122 cm³/mol. The van der Waals surface area contributed by atoms with Crippen LogP contribution in [0.3, 0.4) is 0 Å². The number of hydrogen-bond acceptors (Lipinski definition) is 3. The number of nitrogens with one attached hydrogen (secondary N) is 1. The largest absolute Gasteiger partial charge is 0.484 e. The van der Waals surface area contributed by atoms with Crippen molar-refractivity contribution < 1.29 is 18.7 Å². The summed E-state index contributed by atoms with van der Waals surface area (Å²) in [6.07, 6.45) is 0.697. The molecule has 2 amide bonds. The zero-order valence-electron chi connectivity index (χ0n) is 18.0. The number of nitrogens with zero attached hydrogens (tertiary/aromatic N) is 1. The summed E-state index contributed by atoms with van der Waals surface area (Å²) in [6.45, 7) is 2.12. The Hall–Kier alpha value is -3.67. The summed E-state index contributed by atoms with van der Waals surface area (Å²) in [5, 5.41) is 2.90. The number of carbonyl (C=O) groups is 2. The first-order valence-corrected chi connectivity index (χ1v) is 10.6. The summed E-state index contributed by atoms with van der Waals surface area (Å²) >= 11 is 0. The molecule has 0 aliphatic heterocycles. The highest BCUT2D eigenvalue weighted by atomic mass is 19.1. The third kappa shape index (κ3) is 6.94. The Morgan fingerprint density at radius 2 is 1.53 bits per heavy atom. The third-order valence-electron chi connectivity index (χ3n) is 5.09. The fourth-order valence-electron chi connectivity index (χ4n) is 3.24. The zero-order chi connectivity index (χ0) is 22.8. The topological polar surface area (TPSA) is 58.6 Å². The Labute approximate surface area is 187 Å². The number of para-hydroxylation sites is 1. The van der Waals surface area contributed by atoms with Crippen molar-refractivity contribution in [2.45, 2.75) is 25.9 Å². The average molecular weight is 435 g/mol. The minimum atomic E-state index is -0.720. The lowest BCUT2D eigenvalue weighted by atomic mass is 10.1. The lowest BCUT2D eigenvalue weighted by molar-refractivity contribution is -0.142. The van der Waals surface area contributed by atoms with Crippen LogP contribution in [0.1, 0.15) is 18.1 Å². The van der Waals surface area contributed by atoms with Crippen LogP contribution in [0.4, 0.5) is 4.39 Å². The molecule has 1 N–H and O–H groups in total. The molecule has 0 aliphatic rings. The minimum absolute atomic E-state index is 0.171. The molecule has 0 spiro atoms. The lowest BCUT2D eigenvalue weighted by Gasteiger charge is -2.28. The average Bonchev–Trinajstić information content (AvgIpc) is 2.83. The van der Waals surface area contributed by atoms with E-state index >= 15 is 0 Å². The highest BCUT2D eigenvalue weighted by molar-refractivity contribution is 5.88. The van der Waals surface area contributed by atoms with Crippen LogP contribution in [0.15, 0.2) is 84.9 Å². The Morgan fingerprint density at radius 1 is 0.906 bits per heavy atom. The zero-order valence-corrected chi connectivity index (χ0v) is 18.0. The molecule has 0 saturated carbocycles. The lowest BCUT2D eigenvalue weighted by Crippen LogP contribution is -2.49. The van der Waals surface area contributed by atoms with Gasteiger partial charge in [-0.3, -0.25) is 9.59 Å². The summed E-state index contributed by atoms with van der Waals surface area (Å²) in [4.78, 5) is 27.2. The van der Waals surface area contributed by atoms with Crippen molar-refractivity contribution in [3.63, 3.8) is 0 Å². The molecular weight excluding hydrogens is 407 g/mol. The Bertz CT molecular complexity index is 995. The monoisotopic (exact) mass is 434 g/mol. The Balaban J connectivity index is 1.64. The van der Waals surface area contributed by atoms with Gasteiger partial charge in [0.05, 0.1) is 0 Å². The maximum atomic E-state index is 13.3. The van der Waals surface area contributed by atoms with Crippen LogP contribution >= 0.6 is 0 Å². The normalized spacial score (nSPS) is 11.4. The fourth-order valence-corrected chi connectivity index (χ4v) is 3.24. The molecule has 5 nitrogen and oxygen atoms in total. The second-order valence-electron chi connectivity index (χ2n) is 7.45. The number of rotatable bonds is 10. The van der Waals surface area contributed by atoms with E-state index in [1.807, 2.05) is 48.5 Å². The van der Waals surface area contributed by atoms with Crippen molar-refractivity contribution in [1.82, 2.24) is 10.2 Å². The molecule has 1 unspecified atom stereocenters. The molecule has 3 aromatic rings. The van der Waals surface area contributed by atoms with Crippen molar-refractivity contribution in [3.8, 4) is 5.75 Å². The second kappa shape index (κ2) is 11.6.